The quantitative estimate of drug-likeness (QED) is 0.777. The van der Waals surface area contributed by atoms with Gasteiger partial charge in [-0.3, -0.25) is 19.3 Å². The van der Waals surface area contributed by atoms with Gasteiger partial charge in [-0.15, -0.1) is 0 Å². The van der Waals surface area contributed by atoms with E-state index in [0.29, 0.717) is 17.1 Å². The van der Waals surface area contributed by atoms with Crippen molar-refractivity contribution in [3.8, 4) is 0 Å². The van der Waals surface area contributed by atoms with E-state index in [1.54, 1.807) is 29.2 Å². The molecule has 2 aromatic carbocycles. The first kappa shape index (κ1) is 18.1. The molecule has 0 atom stereocenters. The lowest BCUT2D eigenvalue weighted by atomic mass is 10.0. The highest BCUT2D eigenvalue weighted by Crippen LogP contribution is 2.31. The Morgan fingerprint density at radius 3 is 2.78 bits per heavy atom. The van der Waals surface area contributed by atoms with E-state index in [1.807, 2.05) is 18.2 Å². The van der Waals surface area contributed by atoms with Gasteiger partial charge < -0.3 is 4.90 Å². The first-order chi connectivity index (χ1) is 13.0. The Kier molecular flexibility index (Phi) is 4.93. The van der Waals surface area contributed by atoms with Gasteiger partial charge in [0, 0.05) is 22.8 Å². The highest BCUT2D eigenvalue weighted by Gasteiger charge is 2.30. The fourth-order valence-electron chi connectivity index (χ4n) is 3.45. The molecule has 7 heteroatoms. The average molecular weight is 401 g/mol. The maximum Gasteiger partial charge on any atom is 0.289 e. The van der Waals surface area contributed by atoms with Gasteiger partial charge >= 0.3 is 0 Å². The molecule has 0 N–H and O–H groups in total. The largest absolute Gasteiger partial charge is 0.308 e. The van der Waals surface area contributed by atoms with Gasteiger partial charge in [0.05, 0.1) is 12.3 Å². The third-order valence-corrected chi connectivity index (χ3v) is 5.85. The molecule has 0 unspecified atom stereocenters. The van der Waals surface area contributed by atoms with Crippen LogP contribution in [0.5, 0.6) is 0 Å². The molecule has 0 saturated carbocycles. The van der Waals surface area contributed by atoms with Crippen molar-refractivity contribution in [3.63, 3.8) is 0 Å². The van der Waals surface area contributed by atoms with Crippen LogP contribution in [0.1, 0.15) is 27.9 Å². The summed E-state index contributed by atoms with van der Waals surface area (Å²) in [4.78, 5) is 39.7. The predicted octanol–water partition coefficient (Wildman–Crippen LogP) is 4.13. The number of hydrogen-bond acceptors (Lipinski definition) is 4. The molecule has 1 saturated heterocycles. The second-order valence-corrected chi connectivity index (χ2v) is 7.93. The van der Waals surface area contributed by atoms with Gasteiger partial charge in [0.15, 0.2) is 0 Å². The van der Waals surface area contributed by atoms with Crippen molar-refractivity contribution in [3.05, 3.63) is 64.2 Å². The van der Waals surface area contributed by atoms with Crippen LogP contribution in [0.25, 0.3) is 0 Å². The van der Waals surface area contributed by atoms with Crippen molar-refractivity contribution >= 4 is 46.1 Å². The predicted molar refractivity (Wildman–Crippen MR) is 106 cm³/mol. The lowest BCUT2D eigenvalue weighted by molar-refractivity contribution is -0.125. The van der Waals surface area contributed by atoms with E-state index in [2.05, 4.69) is 0 Å². The number of imide groups is 1. The summed E-state index contributed by atoms with van der Waals surface area (Å²) in [5.74, 6) is -0.0953. The van der Waals surface area contributed by atoms with E-state index in [0.717, 1.165) is 41.4 Å². The van der Waals surface area contributed by atoms with Gasteiger partial charge in [-0.25, -0.2) is 0 Å². The number of carbonyl (C=O) groups is 3. The van der Waals surface area contributed by atoms with Crippen LogP contribution in [0.15, 0.2) is 42.5 Å². The van der Waals surface area contributed by atoms with E-state index in [-0.39, 0.29) is 29.4 Å². The van der Waals surface area contributed by atoms with Crippen molar-refractivity contribution < 1.29 is 14.4 Å². The first-order valence-corrected chi connectivity index (χ1v) is 10.1. The molecule has 0 bridgehead atoms. The lowest BCUT2D eigenvalue weighted by Gasteiger charge is -2.30. The Morgan fingerprint density at radius 2 is 2.00 bits per heavy atom. The summed E-state index contributed by atoms with van der Waals surface area (Å²) in [6.07, 6.45) is 1.78. The molecule has 3 amide bonds. The number of anilines is 1. The molecule has 138 valence electrons. The molecule has 0 spiro atoms. The number of carbonyl (C=O) groups excluding carboxylic acids is 3. The zero-order valence-electron chi connectivity index (χ0n) is 14.5. The molecule has 0 radical (unpaired) electrons. The molecule has 5 nitrogen and oxygen atoms in total. The monoisotopic (exact) mass is 400 g/mol. The van der Waals surface area contributed by atoms with E-state index in [4.69, 9.17) is 11.6 Å². The summed E-state index contributed by atoms with van der Waals surface area (Å²) in [5.41, 5.74) is 3.27. The van der Waals surface area contributed by atoms with E-state index >= 15 is 0 Å². The van der Waals surface area contributed by atoms with Gasteiger partial charge in [-0.1, -0.05) is 35.5 Å². The van der Waals surface area contributed by atoms with Crippen LogP contribution in [-0.4, -0.2) is 34.3 Å². The number of rotatable bonds is 3. The van der Waals surface area contributed by atoms with E-state index in [9.17, 15) is 14.4 Å². The standard InChI is InChI=1S/C20H17ClN2O3S/c21-16-6-7-17-14(10-16)5-2-8-22(17)19(25)15-4-1-3-13(9-15)11-23-18(24)12-27-20(23)26/h1,3-4,6-7,9-10H,2,5,8,11-12H2. The van der Waals surface area contributed by atoms with Crippen molar-refractivity contribution in [1.82, 2.24) is 4.90 Å². The number of amides is 3. The Labute approximate surface area is 166 Å². The number of hydrogen-bond donors (Lipinski definition) is 0. The van der Waals surface area contributed by atoms with Crippen molar-refractivity contribution in [2.45, 2.75) is 19.4 Å². The second kappa shape index (κ2) is 7.37. The Hall–Kier alpha value is -2.31. The van der Waals surface area contributed by atoms with Crippen molar-refractivity contribution in [1.29, 1.82) is 0 Å². The minimum atomic E-state index is -0.237. The third kappa shape index (κ3) is 3.59. The number of halogens is 1. The van der Waals surface area contributed by atoms with E-state index < -0.39 is 0 Å². The lowest BCUT2D eigenvalue weighted by Crippen LogP contribution is -2.35. The van der Waals surface area contributed by atoms with E-state index in [1.165, 1.54) is 4.90 Å². The zero-order chi connectivity index (χ0) is 19.0. The molecule has 4 rings (SSSR count). The summed E-state index contributed by atoms with van der Waals surface area (Å²) in [6, 6.07) is 12.7. The Bertz CT molecular complexity index is 931. The second-order valence-electron chi connectivity index (χ2n) is 6.57. The molecular weight excluding hydrogens is 384 g/mol. The van der Waals surface area contributed by atoms with Crippen LogP contribution < -0.4 is 4.90 Å². The molecule has 27 heavy (non-hydrogen) atoms. The molecule has 2 aliphatic heterocycles. The maximum absolute atomic E-state index is 13.1. The normalized spacial score (nSPS) is 16.6. The highest BCUT2D eigenvalue weighted by molar-refractivity contribution is 8.14. The fourth-order valence-corrected chi connectivity index (χ4v) is 4.37. The molecular formula is C20H17ClN2O3S. The van der Waals surface area contributed by atoms with Crippen LogP contribution >= 0.6 is 23.4 Å². The van der Waals surface area contributed by atoms with Gasteiger partial charge in [0.1, 0.15) is 0 Å². The minimum Gasteiger partial charge on any atom is -0.308 e. The summed E-state index contributed by atoms with van der Waals surface area (Å²) in [5, 5.41) is 0.432. The molecule has 0 aromatic heterocycles. The van der Waals surface area contributed by atoms with Crippen LogP contribution in [-0.2, 0) is 17.8 Å². The molecule has 2 aliphatic rings. The summed E-state index contributed by atoms with van der Waals surface area (Å²) >= 11 is 7.09. The van der Waals surface area contributed by atoms with Gasteiger partial charge in [-0.05, 0) is 54.3 Å². The number of aryl methyl sites for hydroxylation is 1. The molecule has 0 aliphatic carbocycles. The van der Waals surface area contributed by atoms with Gasteiger partial charge in [0.25, 0.3) is 11.1 Å². The third-order valence-electron chi connectivity index (χ3n) is 4.76. The van der Waals surface area contributed by atoms with Gasteiger partial charge in [-0.2, -0.15) is 0 Å². The number of benzene rings is 2. The van der Waals surface area contributed by atoms with Crippen molar-refractivity contribution in [2.75, 3.05) is 17.2 Å². The summed E-state index contributed by atoms with van der Waals surface area (Å²) in [7, 11) is 0. The summed E-state index contributed by atoms with van der Waals surface area (Å²) < 4.78 is 0. The number of thioether (sulfide) groups is 1. The van der Waals surface area contributed by atoms with Crippen LogP contribution in [0.2, 0.25) is 5.02 Å². The highest BCUT2D eigenvalue weighted by atomic mass is 35.5. The topological polar surface area (TPSA) is 57.7 Å². The Morgan fingerprint density at radius 1 is 1.15 bits per heavy atom. The molecule has 1 fully saturated rings. The van der Waals surface area contributed by atoms with Crippen LogP contribution in [0.3, 0.4) is 0 Å². The average Bonchev–Trinajstić information content (AvgIpc) is 2.99. The van der Waals surface area contributed by atoms with Crippen LogP contribution in [0, 0.1) is 0 Å². The number of nitrogens with zero attached hydrogens (tertiary/aromatic N) is 2. The number of fused-ring (bicyclic) bond motifs is 1. The van der Waals surface area contributed by atoms with Crippen LogP contribution in [0.4, 0.5) is 10.5 Å². The SMILES string of the molecule is O=C1CSC(=O)N1Cc1cccc(C(=O)N2CCCc3cc(Cl)ccc32)c1. The minimum absolute atomic E-state index is 0.0893. The molecule has 2 aromatic rings. The first-order valence-electron chi connectivity index (χ1n) is 8.69. The molecule has 2 heterocycles. The fraction of sp³-hybridized carbons (Fsp3) is 0.250. The maximum atomic E-state index is 13.1. The zero-order valence-corrected chi connectivity index (χ0v) is 16.1. The van der Waals surface area contributed by atoms with Gasteiger partial charge in [0.2, 0.25) is 5.91 Å². The van der Waals surface area contributed by atoms with Crippen molar-refractivity contribution in [2.24, 2.45) is 0 Å². The Balaban J connectivity index is 1.59. The smallest absolute Gasteiger partial charge is 0.289 e. The summed E-state index contributed by atoms with van der Waals surface area (Å²) in [6.45, 7) is 0.843.